The van der Waals surface area contributed by atoms with Crippen LogP contribution < -0.4 is 5.73 Å². The lowest BCUT2D eigenvalue weighted by molar-refractivity contribution is -0.115. The Bertz CT molecular complexity index is 164. The predicted octanol–water partition coefficient (Wildman–Crippen LogP) is -0.0973. The molecule has 0 spiro atoms. The Balaban J connectivity index is 0.000000640. The molecule has 4 heteroatoms. The van der Waals surface area contributed by atoms with Gasteiger partial charge >= 0.3 is 0 Å². The molecule has 2 N–H and O–H groups in total. The van der Waals surface area contributed by atoms with Gasteiger partial charge in [-0.25, -0.2) is 0 Å². The highest BCUT2D eigenvalue weighted by molar-refractivity contribution is 6.00. The predicted molar refractivity (Wildman–Crippen MR) is 37.9 cm³/mol. The number of rotatable bonds is 0. The Morgan fingerprint density at radius 2 is 2.33 bits per heavy atom. The summed E-state index contributed by atoms with van der Waals surface area (Å²) in [4.78, 5) is 14.1. The van der Waals surface area contributed by atoms with E-state index in [1.165, 1.54) is 12.3 Å². The molecule has 9 heavy (non-hydrogen) atoms. The molecule has 1 aliphatic heterocycles. The van der Waals surface area contributed by atoms with Crippen molar-refractivity contribution in [2.24, 2.45) is 10.7 Å². The summed E-state index contributed by atoms with van der Waals surface area (Å²) in [6.07, 6.45) is 3.86. The van der Waals surface area contributed by atoms with E-state index in [1.54, 1.807) is 6.08 Å². The average molecular weight is 147 g/mol. The van der Waals surface area contributed by atoms with E-state index >= 15 is 0 Å². The minimum Gasteiger partial charge on any atom is -0.303 e. The zero-order valence-corrected chi connectivity index (χ0v) is 5.47. The molecule has 0 saturated carbocycles. The highest BCUT2D eigenvalue weighted by atomic mass is 35.5. The number of dihydropyridines is 1. The number of aliphatic imine (C=N–C) groups is 1. The van der Waals surface area contributed by atoms with Crippen LogP contribution in [0.25, 0.3) is 0 Å². The molecule has 0 aromatic rings. The molecule has 0 aromatic carbocycles. The number of nitrogens with zero attached hydrogens (tertiary/aromatic N) is 1. The summed E-state index contributed by atoms with van der Waals surface area (Å²) >= 11 is 0. The van der Waals surface area contributed by atoms with Crippen molar-refractivity contribution in [3.8, 4) is 0 Å². The van der Waals surface area contributed by atoms with E-state index in [9.17, 15) is 4.79 Å². The maximum Gasteiger partial charge on any atom is 0.194 e. The molecule has 0 aliphatic carbocycles. The molecule has 1 aliphatic rings. The van der Waals surface area contributed by atoms with Crippen molar-refractivity contribution < 1.29 is 4.79 Å². The number of nitrogens with two attached hydrogens (primary N) is 1. The summed E-state index contributed by atoms with van der Waals surface area (Å²) in [5.41, 5.74) is 5.18. The third-order valence-electron chi connectivity index (χ3n) is 0.885. The second kappa shape index (κ2) is 3.37. The van der Waals surface area contributed by atoms with Crippen molar-refractivity contribution in [2.75, 3.05) is 0 Å². The molecule has 1 atom stereocenters. The lowest BCUT2D eigenvalue weighted by atomic mass is 10.2. The highest BCUT2D eigenvalue weighted by Gasteiger charge is 2.07. The van der Waals surface area contributed by atoms with Crippen LogP contribution in [0.1, 0.15) is 0 Å². The Hall–Kier alpha value is -0.670. The van der Waals surface area contributed by atoms with Crippen LogP contribution in [0.3, 0.4) is 0 Å². The quantitative estimate of drug-likeness (QED) is 0.519. The molecule has 50 valence electrons. The minimum atomic E-state index is -0.653. The van der Waals surface area contributed by atoms with Crippen molar-refractivity contribution in [3.05, 3.63) is 12.2 Å². The first-order valence-corrected chi connectivity index (χ1v) is 2.30. The zero-order chi connectivity index (χ0) is 5.98. The Labute approximate surface area is 59.1 Å². The van der Waals surface area contributed by atoms with Crippen LogP contribution in [0.4, 0.5) is 0 Å². The zero-order valence-electron chi connectivity index (χ0n) is 4.65. The lowest BCUT2D eigenvalue weighted by Crippen LogP contribution is -2.28. The molecule has 1 rings (SSSR count). The normalized spacial score (nSPS) is 23.7. The summed E-state index contributed by atoms with van der Waals surface area (Å²) in [6, 6.07) is 0. The van der Waals surface area contributed by atoms with Gasteiger partial charge in [-0.1, -0.05) is 0 Å². The van der Waals surface area contributed by atoms with Gasteiger partial charge in [-0.3, -0.25) is 9.79 Å². The monoisotopic (exact) mass is 146 g/mol. The molecule has 0 amide bonds. The number of carbonyl (C=O) groups excluding carboxylic acids is 1. The number of halogens is 1. The molecule has 3 nitrogen and oxygen atoms in total. The number of hydrogen-bond donors (Lipinski definition) is 1. The van der Waals surface area contributed by atoms with Crippen molar-refractivity contribution in [3.63, 3.8) is 0 Å². The molecule has 1 heterocycles. The standard InChI is InChI=1S/C5H6N2O.ClH/c6-5-4(8)2-1-3-7-5;/h1-3,5H,6H2;1H. The smallest absolute Gasteiger partial charge is 0.194 e. The molecule has 0 saturated heterocycles. The number of allylic oxidation sites excluding steroid dienone is 1. The van der Waals surface area contributed by atoms with Crippen LogP contribution in [0.5, 0.6) is 0 Å². The summed E-state index contributed by atoms with van der Waals surface area (Å²) in [5, 5.41) is 0. The van der Waals surface area contributed by atoms with Crippen molar-refractivity contribution in [1.82, 2.24) is 0 Å². The summed E-state index contributed by atoms with van der Waals surface area (Å²) in [6.45, 7) is 0. The van der Waals surface area contributed by atoms with Crippen LogP contribution in [0.2, 0.25) is 0 Å². The summed E-state index contributed by atoms with van der Waals surface area (Å²) in [5.74, 6) is -0.132. The Morgan fingerprint density at radius 3 is 2.67 bits per heavy atom. The van der Waals surface area contributed by atoms with Crippen LogP contribution in [0, 0.1) is 0 Å². The van der Waals surface area contributed by atoms with Gasteiger partial charge in [0.2, 0.25) is 0 Å². The van der Waals surface area contributed by atoms with Crippen LogP contribution in [-0.2, 0) is 4.79 Å². The maximum atomic E-state index is 10.5. The fourth-order valence-corrected chi connectivity index (χ4v) is 0.452. The first kappa shape index (κ1) is 8.33. The second-order valence-electron chi connectivity index (χ2n) is 1.50. The van der Waals surface area contributed by atoms with E-state index in [4.69, 9.17) is 5.73 Å². The number of carbonyl (C=O) groups is 1. The summed E-state index contributed by atoms with van der Waals surface area (Å²) in [7, 11) is 0. The largest absolute Gasteiger partial charge is 0.303 e. The molecular formula is C5H7ClN2O. The minimum absolute atomic E-state index is 0. The first-order chi connectivity index (χ1) is 3.80. The van der Waals surface area contributed by atoms with E-state index < -0.39 is 6.17 Å². The molecule has 0 aromatic heterocycles. The van der Waals surface area contributed by atoms with E-state index in [0.717, 1.165) is 0 Å². The van der Waals surface area contributed by atoms with E-state index in [1.807, 2.05) is 0 Å². The third kappa shape index (κ3) is 1.95. The molecule has 0 radical (unpaired) electrons. The highest BCUT2D eigenvalue weighted by Crippen LogP contribution is 1.90. The van der Waals surface area contributed by atoms with Gasteiger partial charge in [-0.05, 0) is 12.2 Å². The lowest BCUT2D eigenvalue weighted by Gasteiger charge is -2.01. The molecule has 0 bridgehead atoms. The van der Waals surface area contributed by atoms with Crippen LogP contribution >= 0.6 is 12.4 Å². The van der Waals surface area contributed by atoms with Gasteiger partial charge in [0, 0.05) is 6.21 Å². The van der Waals surface area contributed by atoms with Gasteiger partial charge in [-0.15, -0.1) is 12.4 Å². The maximum absolute atomic E-state index is 10.5. The molecule has 0 fully saturated rings. The fraction of sp³-hybridized carbons (Fsp3) is 0.200. The van der Waals surface area contributed by atoms with Crippen molar-refractivity contribution in [1.29, 1.82) is 0 Å². The fourth-order valence-electron chi connectivity index (χ4n) is 0.452. The SMILES string of the molecule is Cl.NC1N=CC=CC1=O. The second-order valence-corrected chi connectivity index (χ2v) is 1.50. The average Bonchev–Trinajstić information content (AvgIpc) is 1.77. The Morgan fingerprint density at radius 1 is 1.67 bits per heavy atom. The number of hydrogen-bond acceptors (Lipinski definition) is 3. The topological polar surface area (TPSA) is 55.4 Å². The van der Waals surface area contributed by atoms with Crippen molar-refractivity contribution in [2.45, 2.75) is 6.17 Å². The number of ketones is 1. The van der Waals surface area contributed by atoms with E-state index in [0.29, 0.717) is 0 Å². The van der Waals surface area contributed by atoms with Gasteiger partial charge in [0.15, 0.2) is 11.9 Å². The van der Waals surface area contributed by atoms with E-state index in [2.05, 4.69) is 4.99 Å². The molecular weight excluding hydrogens is 140 g/mol. The van der Waals surface area contributed by atoms with Gasteiger partial charge in [0.05, 0.1) is 0 Å². The van der Waals surface area contributed by atoms with Gasteiger partial charge in [0.1, 0.15) is 0 Å². The van der Waals surface area contributed by atoms with Crippen LogP contribution in [0.15, 0.2) is 17.1 Å². The Kier molecular flexibility index (Phi) is 3.12. The summed E-state index contributed by atoms with van der Waals surface area (Å²) < 4.78 is 0. The van der Waals surface area contributed by atoms with Gasteiger partial charge in [-0.2, -0.15) is 0 Å². The van der Waals surface area contributed by atoms with Gasteiger partial charge in [0.25, 0.3) is 0 Å². The van der Waals surface area contributed by atoms with Gasteiger partial charge < -0.3 is 5.73 Å². The molecule has 1 unspecified atom stereocenters. The first-order valence-electron chi connectivity index (χ1n) is 2.30. The van der Waals surface area contributed by atoms with E-state index in [-0.39, 0.29) is 18.2 Å². The van der Waals surface area contributed by atoms with Crippen molar-refractivity contribution >= 4 is 24.4 Å². The van der Waals surface area contributed by atoms with Crippen LogP contribution in [-0.4, -0.2) is 18.2 Å². The third-order valence-corrected chi connectivity index (χ3v) is 0.885.